The van der Waals surface area contributed by atoms with Crippen molar-refractivity contribution in [2.75, 3.05) is 13.7 Å². The Bertz CT molecular complexity index is 413. The van der Waals surface area contributed by atoms with Crippen molar-refractivity contribution in [2.24, 2.45) is 5.41 Å². The summed E-state index contributed by atoms with van der Waals surface area (Å²) >= 11 is 12.6. The number of rotatable bonds is 4. The Morgan fingerprint density at radius 3 is 2.28 bits per heavy atom. The van der Waals surface area contributed by atoms with E-state index in [-0.39, 0.29) is 11.5 Å². The zero-order chi connectivity index (χ0) is 13.9. The second-order valence-electron chi connectivity index (χ2n) is 5.32. The zero-order valence-electron chi connectivity index (χ0n) is 11.6. The lowest BCUT2D eigenvalue weighted by Gasteiger charge is -2.31. The van der Waals surface area contributed by atoms with Crippen LogP contribution in [0.2, 0.25) is 10.0 Å². The molecule has 1 atom stereocenters. The molecule has 0 aliphatic carbocycles. The van der Waals surface area contributed by atoms with E-state index in [0.717, 1.165) is 5.56 Å². The van der Waals surface area contributed by atoms with Crippen molar-refractivity contribution in [1.29, 1.82) is 0 Å². The Hall–Kier alpha value is -0.440. The number of hydrogen-bond donors (Lipinski definition) is 1. The van der Waals surface area contributed by atoms with Crippen LogP contribution in [0.3, 0.4) is 0 Å². The molecule has 0 aliphatic rings. The quantitative estimate of drug-likeness (QED) is 0.868. The maximum atomic E-state index is 6.34. The van der Waals surface area contributed by atoms with Crippen LogP contribution in [0, 0.1) is 5.41 Å². The van der Waals surface area contributed by atoms with Gasteiger partial charge in [-0.1, -0.05) is 44.0 Å². The van der Waals surface area contributed by atoms with Gasteiger partial charge in [-0.15, -0.1) is 0 Å². The van der Waals surface area contributed by atoms with Gasteiger partial charge in [-0.25, -0.2) is 0 Å². The second kappa shape index (κ2) is 6.14. The third kappa shape index (κ3) is 3.53. The summed E-state index contributed by atoms with van der Waals surface area (Å²) in [5.74, 6) is 0.636. The van der Waals surface area contributed by atoms with Crippen LogP contribution in [-0.4, -0.2) is 13.7 Å². The van der Waals surface area contributed by atoms with Crippen molar-refractivity contribution in [2.45, 2.75) is 33.7 Å². The van der Waals surface area contributed by atoms with Crippen LogP contribution in [0.1, 0.15) is 39.3 Å². The molecule has 1 aromatic carbocycles. The third-order valence-corrected chi connectivity index (χ3v) is 3.44. The zero-order valence-corrected chi connectivity index (χ0v) is 13.1. The Morgan fingerprint density at radius 1 is 1.22 bits per heavy atom. The van der Waals surface area contributed by atoms with Crippen molar-refractivity contribution < 1.29 is 4.74 Å². The summed E-state index contributed by atoms with van der Waals surface area (Å²) in [5.41, 5.74) is 1.05. The Kier molecular flexibility index (Phi) is 5.32. The summed E-state index contributed by atoms with van der Waals surface area (Å²) in [6, 6.07) is 3.82. The van der Waals surface area contributed by atoms with Gasteiger partial charge in [0.05, 0.1) is 11.6 Å². The molecule has 4 heteroatoms. The minimum Gasteiger partial charge on any atom is -0.492 e. The number of nitrogens with one attached hydrogen (secondary N) is 1. The van der Waals surface area contributed by atoms with E-state index in [4.69, 9.17) is 27.9 Å². The molecule has 0 fully saturated rings. The lowest BCUT2D eigenvalue weighted by molar-refractivity contribution is 0.286. The highest BCUT2D eigenvalue weighted by atomic mass is 35.5. The van der Waals surface area contributed by atoms with Crippen LogP contribution in [0.4, 0.5) is 0 Å². The van der Waals surface area contributed by atoms with E-state index in [1.165, 1.54) is 0 Å². The monoisotopic (exact) mass is 289 g/mol. The summed E-state index contributed by atoms with van der Waals surface area (Å²) < 4.78 is 5.43. The van der Waals surface area contributed by atoms with Crippen LogP contribution >= 0.6 is 23.2 Å². The van der Waals surface area contributed by atoms with Gasteiger partial charge in [0.2, 0.25) is 0 Å². The standard InChI is InChI=1S/C14H21Cl2NO/c1-6-18-12-8-10(15)9(7-11(12)16)13(17-5)14(2,3)4/h7-8,13,17H,6H2,1-5H3. The van der Waals surface area contributed by atoms with E-state index in [0.29, 0.717) is 22.4 Å². The van der Waals surface area contributed by atoms with Gasteiger partial charge in [0.15, 0.2) is 0 Å². The first-order valence-electron chi connectivity index (χ1n) is 6.10. The van der Waals surface area contributed by atoms with Crippen LogP contribution in [-0.2, 0) is 0 Å². The first kappa shape index (κ1) is 15.6. The molecule has 0 amide bonds. The molecule has 0 saturated carbocycles. The van der Waals surface area contributed by atoms with E-state index in [1.54, 1.807) is 6.07 Å². The molecule has 18 heavy (non-hydrogen) atoms. The summed E-state index contributed by atoms with van der Waals surface area (Å²) in [6.45, 7) is 8.98. The predicted molar refractivity (Wildman–Crippen MR) is 78.9 cm³/mol. The van der Waals surface area contributed by atoms with Gasteiger partial charge in [-0.2, -0.15) is 0 Å². The molecule has 0 aliphatic heterocycles. The minimum atomic E-state index is 0.0504. The van der Waals surface area contributed by atoms with Gasteiger partial charge in [0, 0.05) is 17.1 Å². The first-order valence-corrected chi connectivity index (χ1v) is 6.85. The van der Waals surface area contributed by atoms with Gasteiger partial charge in [-0.3, -0.25) is 0 Å². The number of benzene rings is 1. The lowest BCUT2D eigenvalue weighted by Crippen LogP contribution is -2.29. The second-order valence-corrected chi connectivity index (χ2v) is 6.14. The average Bonchev–Trinajstić information content (AvgIpc) is 2.24. The number of ether oxygens (including phenoxy) is 1. The fourth-order valence-electron chi connectivity index (χ4n) is 2.09. The van der Waals surface area contributed by atoms with E-state index >= 15 is 0 Å². The van der Waals surface area contributed by atoms with E-state index in [2.05, 4.69) is 26.1 Å². The molecule has 1 N–H and O–H groups in total. The molecule has 0 heterocycles. The number of hydrogen-bond acceptors (Lipinski definition) is 2. The van der Waals surface area contributed by atoms with Crippen molar-refractivity contribution >= 4 is 23.2 Å². The summed E-state index contributed by atoms with van der Waals surface area (Å²) in [5, 5.41) is 4.57. The molecule has 1 aromatic rings. The molecule has 0 bridgehead atoms. The van der Waals surface area contributed by atoms with Gasteiger partial charge >= 0.3 is 0 Å². The van der Waals surface area contributed by atoms with Crippen molar-refractivity contribution in [3.63, 3.8) is 0 Å². The molecular weight excluding hydrogens is 269 g/mol. The minimum absolute atomic E-state index is 0.0504. The van der Waals surface area contributed by atoms with Gasteiger partial charge < -0.3 is 10.1 Å². The highest BCUT2D eigenvalue weighted by molar-refractivity contribution is 6.34. The van der Waals surface area contributed by atoms with Crippen LogP contribution in [0.15, 0.2) is 12.1 Å². The largest absolute Gasteiger partial charge is 0.492 e. The predicted octanol–water partition coefficient (Wildman–Crippen LogP) is 4.70. The average molecular weight is 290 g/mol. The molecule has 0 radical (unpaired) electrons. The Morgan fingerprint density at radius 2 is 1.83 bits per heavy atom. The highest BCUT2D eigenvalue weighted by Gasteiger charge is 2.27. The highest BCUT2D eigenvalue weighted by Crippen LogP contribution is 2.40. The van der Waals surface area contributed by atoms with Crippen LogP contribution in [0.25, 0.3) is 0 Å². The van der Waals surface area contributed by atoms with E-state index in [9.17, 15) is 0 Å². The molecule has 102 valence electrons. The maximum absolute atomic E-state index is 6.34. The SMILES string of the molecule is CCOc1cc(Cl)c(C(NC)C(C)(C)C)cc1Cl. The fraction of sp³-hybridized carbons (Fsp3) is 0.571. The van der Waals surface area contributed by atoms with E-state index < -0.39 is 0 Å². The molecule has 0 spiro atoms. The smallest absolute Gasteiger partial charge is 0.139 e. The molecule has 0 saturated heterocycles. The first-order chi connectivity index (χ1) is 8.31. The summed E-state index contributed by atoms with van der Waals surface area (Å²) in [4.78, 5) is 0. The summed E-state index contributed by atoms with van der Waals surface area (Å²) in [6.07, 6.45) is 0. The van der Waals surface area contributed by atoms with Crippen molar-refractivity contribution in [3.8, 4) is 5.75 Å². The van der Waals surface area contributed by atoms with Crippen LogP contribution < -0.4 is 10.1 Å². The molecular formula is C14H21Cl2NO. The fourth-order valence-corrected chi connectivity index (χ4v) is 2.58. The topological polar surface area (TPSA) is 21.3 Å². The van der Waals surface area contributed by atoms with Crippen molar-refractivity contribution in [3.05, 3.63) is 27.7 Å². The third-order valence-electron chi connectivity index (χ3n) is 2.82. The normalized spacial score (nSPS) is 13.5. The molecule has 1 rings (SSSR count). The molecule has 1 unspecified atom stereocenters. The summed E-state index contributed by atoms with van der Waals surface area (Å²) in [7, 11) is 1.93. The van der Waals surface area contributed by atoms with Gasteiger partial charge in [-0.05, 0) is 31.0 Å². The lowest BCUT2D eigenvalue weighted by atomic mass is 9.82. The van der Waals surface area contributed by atoms with Crippen LogP contribution in [0.5, 0.6) is 5.75 Å². The maximum Gasteiger partial charge on any atom is 0.139 e. The number of halogens is 2. The molecule has 0 aromatic heterocycles. The molecule has 2 nitrogen and oxygen atoms in total. The Balaban J connectivity index is 3.21. The van der Waals surface area contributed by atoms with Gasteiger partial charge in [0.25, 0.3) is 0 Å². The van der Waals surface area contributed by atoms with Crippen molar-refractivity contribution in [1.82, 2.24) is 5.32 Å². The van der Waals surface area contributed by atoms with Gasteiger partial charge in [0.1, 0.15) is 5.75 Å². The Labute approximate surface area is 120 Å². The van der Waals surface area contributed by atoms with E-state index in [1.807, 2.05) is 20.0 Å².